The molecule has 9 heteroatoms. The largest absolute Gasteiger partial charge is 0.491 e. The Kier molecular flexibility index (Phi) is 4.74. The van der Waals surface area contributed by atoms with Crippen LogP contribution >= 0.6 is 15.9 Å². The number of aromatic nitrogens is 5. The van der Waals surface area contributed by atoms with Crippen LogP contribution in [0.15, 0.2) is 46.9 Å². The Morgan fingerprint density at radius 3 is 2.93 bits per heavy atom. The number of benzene rings is 2. The summed E-state index contributed by atoms with van der Waals surface area (Å²) in [6.07, 6.45) is 2.46. The molecule has 5 rings (SSSR count). The van der Waals surface area contributed by atoms with Gasteiger partial charge in [0.2, 0.25) is 5.82 Å². The van der Waals surface area contributed by atoms with Crippen molar-refractivity contribution in [2.24, 2.45) is 13.0 Å². The molecule has 8 nitrogen and oxygen atoms in total. The van der Waals surface area contributed by atoms with E-state index >= 15 is 0 Å². The van der Waals surface area contributed by atoms with E-state index in [1.54, 1.807) is 6.07 Å². The van der Waals surface area contributed by atoms with E-state index in [0.29, 0.717) is 28.7 Å². The molecule has 1 aliphatic rings. The summed E-state index contributed by atoms with van der Waals surface area (Å²) in [7, 11) is 1.88. The van der Waals surface area contributed by atoms with Crippen molar-refractivity contribution in [2.75, 3.05) is 11.9 Å². The number of aryl methyl sites for hydroxylation is 1. The molecular weight excluding hydrogens is 448 g/mol. The van der Waals surface area contributed by atoms with E-state index in [1.807, 2.05) is 48.0 Å². The number of hydrogen-bond acceptors (Lipinski definition) is 5. The SMILES string of the molecule is Cn1c(C(=O)Nc2ccc(Br)cc2-c2nn[nH]n2)cc2cccc(OCC3CC3)c21. The fourth-order valence-electron chi connectivity index (χ4n) is 3.48. The van der Waals surface area contributed by atoms with Crippen LogP contribution in [0.2, 0.25) is 0 Å². The molecule has 0 radical (unpaired) electrons. The number of aromatic amines is 1. The summed E-state index contributed by atoms with van der Waals surface area (Å²) in [6.45, 7) is 0.721. The number of para-hydroxylation sites is 1. The smallest absolute Gasteiger partial charge is 0.272 e. The molecule has 0 bridgehead atoms. The molecule has 1 amide bonds. The number of hydrogen-bond donors (Lipinski definition) is 2. The molecule has 0 spiro atoms. The van der Waals surface area contributed by atoms with E-state index in [4.69, 9.17) is 4.74 Å². The fourth-order valence-corrected chi connectivity index (χ4v) is 3.84. The molecule has 0 unspecified atom stereocenters. The molecule has 0 aliphatic heterocycles. The molecule has 2 N–H and O–H groups in total. The summed E-state index contributed by atoms with van der Waals surface area (Å²) in [5, 5.41) is 18.1. The minimum Gasteiger partial charge on any atom is -0.491 e. The number of nitrogens with zero attached hydrogens (tertiary/aromatic N) is 4. The standard InChI is InChI=1S/C21H19BrN6O2/c1-28-17(9-13-3-2-4-18(19(13)28)30-11-12-5-6-12)21(29)23-16-8-7-14(22)10-15(16)20-24-26-27-25-20/h2-4,7-10,12H,5-6,11H2,1H3,(H,23,29)(H,24,25,26,27). The zero-order valence-corrected chi connectivity index (χ0v) is 17.8. The first-order chi connectivity index (χ1) is 14.6. The molecule has 4 aromatic rings. The summed E-state index contributed by atoms with van der Waals surface area (Å²) in [5.74, 6) is 1.63. The third kappa shape index (κ3) is 3.56. The third-order valence-electron chi connectivity index (χ3n) is 5.24. The molecule has 2 aromatic heterocycles. The Morgan fingerprint density at radius 1 is 1.30 bits per heavy atom. The highest BCUT2D eigenvalue weighted by molar-refractivity contribution is 9.10. The maximum Gasteiger partial charge on any atom is 0.272 e. The zero-order chi connectivity index (χ0) is 20.7. The fraction of sp³-hybridized carbons (Fsp3) is 0.238. The number of H-pyrrole nitrogens is 1. The van der Waals surface area contributed by atoms with Crippen molar-refractivity contribution >= 4 is 38.4 Å². The van der Waals surface area contributed by atoms with Gasteiger partial charge in [-0.05, 0) is 54.3 Å². The zero-order valence-electron chi connectivity index (χ0n) is 16.2. The van der Waals surface area contributed by atoms with Gasteiger partial charge in [-0.1, -0.05) is 28.1 Å². The molecule has 1 fully saturated rings. The average Bonchev–Trinajstić information content (AvgIpc) is 3.28. The van der Waals surface area contributed by atoms with Crippen molar-refractivity contribution in [1.29, 1.82) is 0 Å². The molecular formula is C21H19BrN6O2. The number of ether oxygens (including phenoxy) is 1. The van der Waals surface area contributed by atoms with Crippen molar-refractivity contribution in [2.45, 2.75) is 12.8 Å². The highest BCUT2D eigenvalue weighted by Crippen LogP contribution is 2.33. The highest BCUT2D eigenvalue weighted by Gasteiger charge is 2.23. The van der Waals surface area contributed by atoms with Crippen molar-refractivity contribution < 1.29 is 9.53 Å². The summed E-state index contributed by atoms with van der Waals surface area (Å²) in [6, 6.07) is 13.3. The Bertz CT molecular complexity index is 1230. The van der Waals surface area contributed by atoms with Gasteiger partial charge in [-0.25, -0.2) is 0 Å². The highest BCUT2D eigenvalue weighted by atomic mass is 79.9. The van der Waals surface area contributed by atoms with Gasteiger partial charge < -0.3 is 14.6 Å². The first kappa shape index (κ1) is 18.8. The summed E-state index contributed by atoms with van der Waals surface area (Å²) in [5.41, 5.74) is 2.71. The average molecular weight is 467 g/mol. The molecule has 0 atom stereocenters. The summed E-state index contributed by atoms with van der Waals surface area (Å²) < 4.78 is 8.76. The molecule has 1 aliphatic carbocycles. The summed E-state index contributed by atoms with van der Waals surface area (Å²) >= 11 is 3.45. The maximum atomic E-state index is 13.1. The van der Waals surface area contributed by atoms with E-state index < -0.39 is 0 Å². The number of amides is 1. The van der Waals surface area contributed by atoms with Gasteiger partial charge in [0, 0.05) is 22.5 Å². The lowest BCUT2D eigenvalue weighted by atomic mass is 10.1. The second-order valence-corrected chi connectivity index (χ2v) is 8.33. The number of carbonyl (C=O) groups excluding carboxylic acids is 1. The number of halogens is 1. The minimum atomic E-state index is -0.228. The van der Waals surface area contributed by atoms with Crippen LogP contribution in [0.25, 0.3) is 22.3 Å². The lowest BCUT2D eigenvalue weighted by molar-refractivity contribution is 0.102. The second kappa shape index (κ2) is 7.56. The predicted octanol–water partition coefficient (Wildman–Crippen LogP) is 4.16. The van der Waals surface area contributed by atoms with E-state index in [2.05, 4.69) is 41.9 Å². The molecule has 2 aromatic carbocycles. The van der Waals surface area contributed by atoms with Crippen LogP contribution in [0.3, 0.4) is 0 Å². The molecule has 30 heavy (non-hydrogen) atoms. The van der Waals surface area contributed by atoms with Gasteiger partial charge in [-0.15, -0.1) is 10.2 Å². The van der Waals surface area contributed by atoms with Gasteiger partial charge in [0.1, 0.15) is 11.4 Å². The number of nitrogens with one attached hydrogen (secondary N) is 2. The van der Waals surface area contributed by atoms with Gasteiger partial charge in [0.05, 0.1) is 17.8 Å². The predicted molar refractivity (Wildman–Crippen MR) is 116 cm³/mol. The van der Waals surface area contributed by atoms with Crippen LogP contribution in [0, 0.1) is 5.92 Å². The van der Waals surface area contributed by atoms with Crippen LogP contribution in [-0.2, 0) is 7.05 Å². The van der Waals surface area contributed by atoms with Crippen molar-refractivity contribution in [1.82, 2.24) is 25.2 Å². The quantitative estimate of drug-likeness (QED) is 0.444. The van der Waals surface area contributed by atoms with Crippen molar-refractivity contribution in [3.8, 4) is 17.1 Å². The van der Waals surface area contributed by atoms with Gasteiger partial charge in [-0.3, -0.25) is 4.79 Å². The second-order valence-electron chi connectivity index (χ2n) is 7.42. The number of fused-ring (bicyclic) bond motifs is 1. The number of rotatable bonds is 6. The van der Waals surface area contributed by atoms with E-state index in [1.165, 1.54) is 12.8 Å². The van der Waals surface area contributed by atoms with Gasteiger partial charge in [0.25, 0.3) is 5.91 Å². The third-order valence-corrected chi connectivity index (χ3v) is 5.73. The molecule has 1 saturated carbocycles. The maximum absolute atomic E-state index is 13.1. The lowest BCUT2D eigenvalue weighted by Crippen LogP contribution is -2.16. The van der Waals surface area contributed by atoms with Gasteiger partial charge in [0.15, 0.2) is 0 Å². The van der Waals surface area contributed by atoms with Crippen LogP contribution in [-0.4, -0.2) is 37.7 Å². The number of anilines is 1. The topological polar surface area (TPSA) is 97.7 Å². The number of carbonyl (C=O) groups is 1. The first-order valence-electron chi connectivity index (χ1n) is 9.66. The Labute approximate surface area is 180 Å². The monoisotopic (exact) mass is 466 g/mol. The minimum absolute atomic E-state index is 0.228. The number of tetrazole rings is 1. The molecule has 0 saturated heterocycles. The Morgan fingerprint density at radius 2 is 2.17 bits per heavy atom. The van der Waals surface area contributed by atoms with Crippen LogP contribution in [0.5, 0.6) is 5.75 Å². The van der Waals surface area contributed by atoms with Gasteiger partial charge >= 0.3 is 0 Å². The van der Waals surface area contributed by atoms with E-state index in [-0.39, 0.29) is 5.91 Å². The van der Waals surface area contributed by atoms with Crippen molar-refractivity contribution in [3.63, 3.8) is 0 Å². The van der Waals surface area contributed by atoms with Gasteiger partial charge in [-0.2, -0.15) is 5.21 Å². The van der Waals surface area contributed by atoms with Crippen LogP contribution in [0.4, 0.5) is 5.69 Å². The molecule has 152 valence electrons. The molecule has 2 heterocycles. The Balaban J connectivity index is 1.47. The Hall–Kier alpha value is -3.20. The van der Waals surface area contributed by atoms with E-state index in [0.717, 1.165) is 27.7 Å². The summed E-state index contributed by atoms with van der Waals surface area (Å²) in [4.78, 5) is 13.1. The first-order valence-corrected chi connectivity index (χ1v) is 10.5. The normalized spacial score (nSPS) is 13.5. The van der Waals surface area contributed by atoms with Crippen LogP contribution < -0.4 is 10.1 Å². The van der Waals surface area contributed by atoms with Crippen molar-refractivity contribution in [3.05, 3.63) is 52.6 Å². The lowest BCUT2D eigenvalue weighted by Gasteiger charge is -2.11. The van der Waals surface area contributed by atoms with E-state index in [9.17, 15) is 4.79 Å². The van der Waals surface area contributed by atoms with Crippen LogP contribution in [0.1, 0.15) is 23.3 Å².